The third-order valence-electron chi connectivity index (χ3n) is 4.48. The Labute approximate surface area is 182 Å². The Bertz CT molecular complexity index is 1130. The molecule has 0 saturated carbocycles. The lowest BCUT2D eigenvalue weighted by Gasteiger charge is -2.23. The minimum Gasteiger partial charge on any atom is -0.409 e. The van der Waals surface area contributed by atoms with Crippen molar-refractivity contribution in [3.8, 4) is 0 Å². The number of sulfonamides is 1. The van der Waals surface area contributed by atoms with Crippen LogP contribution in [0.5, 0.6) is 0 Å². The van der Waals surface area contributed by atoms with E-state index in [0.29, 0.717) is 11.5 Å². The van der Waals surface area contributed by atoms with Crippen molar-refractivity contribution in [3.05, 3.63) is 58.6 Å². The number of nitrogens with two attached hydrogens (primary N) is 1. The summed E-state index contributed by atoms with van der Waals surface area (Å²) < 4.78 is 30.3. The van der Waals surface area contributed by atoms with E-state index in [9.17, 15) is 8.42 Å². The molecule has 1 aromatic heterocycles. The molecular weight excluding hydrogens is 474 g/mol. The number of benzene rings is 2. The largest absolute Gasteiger partial charge is 0.409 e. The molecule has 3 aromatic rings. The van der Waals surface area contributed by atoms with E-state index in [2.05, 4.69) is 21.1 Å². The summed E-state index contributed by atoms with van der Waals surface area (Å²) in [5.74, 6) is 0.0689. The molecule has 3 N–H and O–H groups in total. The van der Waals surface area contributed by atoms with Gasteiger partial charge in [0.1, 0.15) is 10.8 Å². The molecule has 0 unspecified atom stereocenters. The standard InChI is InChI=1S/C20H22BrN3O3S2/c1-2-3-12-24(20-19(21)16-6-4-5-7-17(16)28-20)29(26,27)15-10-8-14(9-11-15)13-18(22)23-25/h4-11,25H,2-3,12-13H2,1H3,(H2,22,23). The minimum absolute atomic E-state index is 0.0689. The zero-order chi connectivity index (χ0) is 21.0. The number of fused-ring (bicyclic) bond motifs is 1. The average molecular weight is 496 g/mol. The van der Waals surface area contributed by atoms with Crippen molar-refractivity contribution < 1.29 is 13.6 Å². The van der Waals surface area contributed by atoms with Gasteiger partial charge >= 0.3 is 0 Å². The van der Waals surface area contributed by atoms with E-state index in [1.165, 1.54) is 15.6 Å². The summed E-state index contributed by atoms with van der Waals surface area (Å²) in [5, 5.41) is 13.3. The minimum atomic E-state index is -3.74. The van der Waals surface area contributed by atoms with E-state index in [1.54, 1.807) is 24.3 Å². The van der Waals surface area contributed by atoms with Gasteiger partial charge in [0.2, 0.25) is 0 Å². The zero-order valence-electron chi connectivity index (χ0n) is 15.9. The Kier molecular flexibility index (Phi) is 6.81. The molecule has 0 bridgehead atoms. The van der Waals surface area contributed by atoms with Crippen LogP contribution >= 0.6 is 27.3 Å². The summed E-state index contributed by atoms with van der Waals surface area (Å²) in [6.45, 7) is 2.43. The predicted molar refractivity (Wildman–Crippen MR) is 123 cm³/mol. The molecule has 0 aliphatic carbocycles. The highest BCUT2D eigenvalue weighted by molar-refractivity contribution is 9.10. The van der Waals surface area contributed by atoms with Gasteiger partial charge in [-0.05, 0) is 46.1 Å². The molecule has 1 heterocycles. The van der Waals surface area contributed by atoms with Crippen molar-refractivity contribution >= 4 is 58.2 Å². The van der Waals surface area contributed by atoms with Crippen LogP contribution in [0.1, 0.15) is 25.3 Å². The molecule has 2 aromatic carbocycles. The molecule has 0 atom stereocenters. The van der Waals surface area contributed by atoms with Crippen LogP contribution in [0, 0.1) is 0 Å². The van der Waals surface area contributed by atoms with Crippen molar-refractivity contribution in [3.63, 3.8) is 0 Å². The van der Waals surface area contributed by atoms with Crippen molar-refractivity contribution in [2.75, 3.05) is 10.8 Å². The second-order valence-electron chi connectivity index (χ2n) is 6.56. The number of nitrogens with zero attached hydrogens (tertiary/aromatic N) is 2. The van der Waals surface area contributed by atoms with Gasteiger partial charge in [0.05, 0.1) is 9.37 Å². The van der Waals surface area contributed by atoms with Crippen LogP contribution in [0.25, 0.3) is 10.1 Å². The van der Waals surface area contributed by atoms with E-state index in [0.717, 1.165) is 33.0 Å². The van der Waals surface area contributed by atoms with Gasteiger partial charge in [-0.1, -0.05) is 48.8 Å². The van der Waals surface area contributed by atoms with Crippen molar-refractivity contribution in [2.45, 2.75) is 31.1 Å². The lowest BCUT2D eigenvalue weighted by molar-refractivity contribution is 0.317. The smallest absolute Gasteiger partial charge is 0.264 e. The van der Waals surface area contributed by atoms with Crippen LogP contribution in [0.15, 0.2) is 63.1 Å². The van der Waals surface area contributed by atoms with Gasteiger partial charge in [0.15, 0.2) is 0 Å². The molecule has 0 saturated heterocycles. The number of hydrogen-bond donors (Lipinski definition) is 2. The fourth-order valence-corrected chi connectivity index (χ4v) is 6.84. The number of halogens is 1. The fourth-order valence-electron chi connectivity index (χ4n) is 2.95. The average Bonchev–Trinajstić information content (AvgIpc) is 3.05. The molecule has 3 rings (SSSR count). The molecule has 0 amide bonds. The van der Waals surface area contributed by atoms with E-state index in [4.69, 9.17) is 10.9 Å². The van der Waals surface area contributed by atoms with Gasteiger partial charge in [-0.25, -0.2) is 8.42 Å². The molecule has 9 heteroatoms. The molecule has 6 nitrogen and oxygen atoms in total. The summed E-state index contributed by atoms with van der Waals surface area (Å²) >= 11 is 5.07. The monoisotopic (exact) mass is 495 g/mol. The lowest BCUT2D eigenvalue weighted by Crippen LogP contribution is -2.31. The van der Waals surface area contributed by atoms with Gasteiger partial charge < -0.3 is 10.9 Å². The highest BCUT2D eigenvalue weighted by atomic mass is 79.9. The molecule has 154 valence electrons. The number of oxime groups is 1. The number of amidine groups is 1. The maximum absolute atomic E-state index is 13.5. The lowest BCUT2D eigenvalue weighted by atomic mass is 10.1. The first-order chi connectivity index (χ1) is 13.9. The summed E-state index contributed by atoms with van der Waals surface area (Å²) in [6, 6.07) is 14.3. The van der Waals surface area contributed by atoms with E-state index >= 15 is 0 Å². The Balaban J connectivity index is 2.02. The first-order valence-electron chi connectivity index (χ1n) is 9.13. The van der Waals surface area contributed by atoms with Gasteiger partial charge in [0, 0.05) is 23.1 Å². The first-order valence-corrected chi connectivity index (χ1v) is 12.2. The number of anilines is 1. The van der Waals surface area contributed by atoms with E-state index < -0.39 is 10.0 Å². The van der Waals surface area contributed by atoms with Crippen LogP contribution in [0.2, 0.25) is 0 Å². The van der Waals surface area contributed by atoms with Crippen molar-refractivity contribution in [1.82, 2.24) is 0 Å². The molecule has 0 fully saturated rings. The SMILES string of the molecule is CCCCN(c1sc2ccccc2c1Br)S(=O)(=O)c1ccc(C/C(N)=N\O)cc1. The second kappa shape index (κ2) is 9.15. The third-order valence-corrected chi connectivity index (χ3v) is 8.67. The Morgan fingerprint density at radius 1 is 1.21 bits per heavy atom. The Morgan fingerprint density at radius 3 is 2.52 bits per heavy atom. The molecule has 29 heavy (non-hydrogen) atoms. The van der Waals surface area contributed by atoms with Gasteiger partial charge in [0.25, 0.3) is 10.0 Å². The van der Waals surface area contributed by atoms with Crippen LogP contribution in [0.3, 0.4) is 0 Å². The van der Waals surface area contributed by atoms with Crippen LogP contribution < -0.4 is 10.0 Å². The number of rotatable bonds is 8. The molecule has 0 aliphatic rings. The summed E-state index contributed by atoms with van der Waals surface area (Å²) in [6.07, 6.45) is 1.88. The maximum Gasteiger partial charge on any atom is 0.264 e. The predicted octanol–water partition coefficient (Wildman–Crippen LogP) is 4.95. The topological polar surface area (TPSA) is 96.0 Å². The Morgan fingerprint density at radius 2 is 1.90 bits per heavy atom. The van der Waals surface area contributed by atoms with Gasteiger partial charge in [-0.15, -0.1) is 11.3 Å². The van der Waals surface area contributed by atoms with E-state index in [1.807, 2.05) is 31.2 Å². The molecule has 0 aliphatic heterocycles. The number of thiophene rings is 1. The summed E-state index contributed by atoms with van der Waals surface area (Å²) in [7, 11) is -3.74. The second-order valence-corrected chi connectivity index (χ2v) is 10.2. The molecular formula is C20H22BrN3O3S2. The van der Waals surface area contributed by atoms with Crippen LogP contribution in [0.4, 0.5) is 5.00 Å². The molecule has 0 radical (unpaired) electrons. The van der Waals surface area contributed by atoms with E-state index in [-0.39, 0.29) is 17.2 Å². The summed E-state index contributed by atoms with van der Waals surface area (Å²) in [4.78, 5) is 0.209. The normalized spacial score (nSPS) is 12.4. The highest BCUT2D eigenvalue weighted by Gasteiger charge is 2.28. The summed E-state index contributed by atoms with van der Waals surface area (Å²) in [5.41, 5.74) is 6.30. The van der Waals surface area contributed by atoms with Crippen LogP contribution in [-0.4, -0.2) is 26.0 Å². The zero-order valence-corrected chi connectivity index (χ0v) is 19.1. The Hall–Kier alpha value is -2.10. The van der Waals surface area contributed by atoms with Gasteiger partial charge in [-0.3, -0.25) is 4.31 Å². The molecule has 0 spiro atoms. The fraction of sp³-hybridized carbons (Fsp3) is 0.250. The maximum atomic E-state index is 13.5. The van der Waals surface area contributed by atoms with Crippen molar-refractivity contribution in [2.24, 2.45) is 10.9 Å². The van der Waals surface area contributed by atoms with Crippen molar-refractivity contribution in [1.29, 1.82) is 0 Å². The first kappa shape index (κ1) is 21.6. The van der Waals surface area contributed by atoms with Gasteiger partial charge in [-0.2, -0.15) is 0 Å². The number of unbranched alkanes of at least 4 members (excludes halogenated alkanes) is 1. The highest BCUT2D eigenvalue weighted by Crippen LogP contribution is 2.43. The number of hydrogen-bond acceptors (Lipinski definition) is 5. The third kappa shape index (κ3) is 4.57. The quantitative estimate of drug-likeness (QED) is 0.200. The van der Waals surface area contributed by atoms with Crippen LogP contribution in [-0.2, 0) is 16.4 Å².